The Morgan fingerprint density at radius 2 is 2.21 bits per heavy atom. The van der Waals surface area contributed by atoms with E-state index in [1.807, 2.05) is 0 Å². The van der Waals surface area contributed by atoms with Crippen molar-refractivity contribution in [2.45, 2.75) is 11.8 Å². The molecule has 1 aromatic heterocycles. The minimum atomic E-state index is -3.33. The van der Waals surface area contributed by atoms with Gasteiger partial charge in [0.15, 0.2) is 0 Å². The van der Waals surface area contributed by atoms with Crippen LogP contribution in [0.5, 0.6) is 0 Å². The molecule has 0 spiro atoms. The van der Waals surface area contributed by atoms with Gasteiger partial charge in [-0.2, -0.15) is 0 Å². The van der Waals surface area contributed by atoms with Crippen molar-refractivity contribution in [3.05, 3.63) is 14.7 Å². The fraction of sp³-hybridized carbons (Fsp3) is 0.429. The monoisotopic (exact) mass is 361 g/mol. The molecule has 7 heteroatoms. The molecule has 0 bridgehead atoms. The molecule has 1 N–H and O–H groups in total. The SMILES string of the molecule is Cc1sc(Br)cc1S(=O)(=O)NCCBr. The maximum atomic E-state index is 11.7. The molecule has 0 aromatic carbocycles. The molecule has 0 aliphatic heterocycles. The van der Waals surface area contributed by atoms with E-state index in [1.54, 1.807) is 13.0 Å². The first-order valence-electron chi connectivity index (χ1n) is 3.79. The van der Waals surface area contributed by atoms with E-state index in [1.165, 1.54) is 11.3 Å². The number of aryl methyl sites for hydroxylation is 1. The molecule has 1 heterocycles. The van der Waals surface area contributed by atoms with Crippen LogP contribution in [0, 0.1) is 6.92 Å². The number of halogens is 2. The fourth-order valence-electron chi connectivity index (χ4n) is 0.948. The minimum absolute atomic E-state index is 0.357. The first kappa shape index (κ1) is 12.6. The number of rotatable bonds is 4. The van der Waals surface area contributed by atoms with E-state index in [4.69, 9.17) is 0 Å². The fourth-order valence-corrected chi connectivity index (χ4v) is 4.85. The summed E-state index contributed by atoms with van der Waals surface area (Å²) < 4.78 is 26.7. The molecule has 80 valence electrons. The van der Waals surface area contributed by atoms with Crippen LogP contribution in [-0.4, -0.2) is 20.3 Å². The van der Waals surface area contributed by atoms with Crippen LogP contribution in [0.15, 0.2) is 14.7 Å². The van der Waals surface area contributed by atoms with Crippen LogP contribution in [0.3, 0.4) is 0 Å². The Balaban J connectivity index is 2.98. The molecule has 0 aliphatic rings. The molecule has 1 rings (SSSR count). The second-order valence-electron chi connectivity index (χ2n) is 2.56. The van der Waals surface area contributed by atoms with Crippen molar-refractivity contribution in [2.75, 3.05) is 11.9 Å². The van der Waals surface area contributed by atoms with E-state index in [2.05, 4.69) is 36.6 Å². The van der Waals surface area contributed by atoms with Gasteiger partial charge < -0.3 is 0 Å². The molecule has 0 radical (unpaired) electrons. The molecule has 0 unspecified atom stereocenters. The van der Waals surface area contributed by atoms with E-state index in [-0.39, 0.29) is 0 Å². The second kappa shape index (κ2) is 5.07. The molecule has 14 heavy (non-hydrogen) atoms. The highest BCUT2D eigenvalue weighted by Gasteiger charge is 2.18. The predicted octanol–water partition coefficient (Wildman–Crippen LogP) is 2.49. The zero-order chi connectivity index (χ0) is 10.8. The summed E-state index contributed by atoms with van der Waals surface area (Å²) in [6.45, 7) is 2.19. The lowest BCUT2D eigenvalue weighted by molar-refractivity contribution is 0.584. The second-order valence-corrected chi connectivity index (χ2v) is 7.72. The van der Waals surface area contributed by atoms with Crippen molar-refractivity contribution >= 4 is 53.2 Å². The molecule has 1 aromatic rings. The highest BCUT2D eigenvalue weighted by atomic mass is 79.9. The number of alkyl halides is 1. The number of hydrogen-bond donors (Lipinski definition) is 1. The summed E-state index contributed by atoms with van der Waals surface area (Å²) in [6, 6.07) is 1.62. The van der Waals surface area contributed by atoms with Crippen molar-refractivity contribution in [1.29, 1.82) is 0 Å². The highest BCUT2D eigenvalue weighted by Crippen LogP contribution is 2.29. The van der Waals surface area contributed by atoms with E-state index in [9.17, 15) is 8.42 Å². The summed E-state index contributed by atoms with van der Waals surface area (Å²) in [7, 11) is -3.33. The van der Waals surface area contributed by atoms with E-state index in [0.29, 0.717) is 16.8 Å². The van der Waals surface area contributed by atoms with Gasteiger partial charge in [0.25, 0.3) is 0 Å². The molecule has 0 saturated carbocycles. The number of sulfonamides is 1. The third kappa shape index (κ3) is 3.03. The minimum Gasteiger partial charge on any atom is -0.210 e. The van der Waals surface area contributed by atoms with Crippen molar-refractivity contribution < 1.29 is 8.42 Å². The van der Waals surface area contributed by atoms with Gasteiger partial charge in [0.1, 0.15) is 0 Å². The Kier molecular flexibility index (Phi) is 4.57. The standard InChI is InChI=1S/C7H9Br2NO2S2/c1-5-6(4-7(9)13-5)14(11,12)10-3-2-8/h4,10H,2-3H2,1H3. The van der Waals surface area contributed by atoms with Crippen LogP contribution in [0.1, 0.15) is 4.88 Å². The lowest BCUT2D eigenvalue weighted by atomic mass is 10.5. The van der Waals surface area contributed by atoms with Gasteiger partial charge >= 0.3 is 0 Å². The first-order chi connectivity index (χ1) is 6.47. The number of thiophene rings is 1. The molecule has 0 amide bonds. The van der Waals surface area contributed by atoms with Crippen LogP contribution in [0.4, 0.5) is 0 Å². The summed E-state index contributed by atoms with van der Waals surface area (Å²) in [6.07, 6.45) is 0. The Bertz CT molecular complexity index is 413. The van der Waals surface area contributed by atoms with Gasteiger partial charge in [-0.15, -0.1) is 11.3 Å². The van der Waals surface area contributed by atoms with Gasteiger partial charge in [0, 0.05) is 16.8 Å². The maximum absolute atomic E-state index is 11.7. The van der Waals surface area contributed by atoms with Crippen LogP contribution in [0.2, 0.25) is 0 Å². The topological polar surface area (TPSA) is 46.2 Å². The quantitative estimate of drug-likeness (QED) is 0.836. The van der Waals surface area contributed by atoms with Gasteiger partial charge in [-0.25, -0.2) is 13.1 Å². The van der Waals surface area contributed by atoms with Gasteiger partial charge in [0.2, 0.25) is 10.0 Å². The zero-order valence-corrected chi connectivity index (χ0v) is 12.2. The smallest absolute Gasteiger partial charge is 0.210 e. The Labute approximate surface area is 104 Å². The normalized spacial score (nSPS) is 11.9. The van der Waals surface area contributed by atoms with E-state index >= 15 is 0 Å². The summed E-state index contributed by atoms with van der Waals surface area (Å²) in [5, 5.41) is 0.608. The van der Waals surface area contributed by atoms with Crippen molar-refractivity contribution in [3.8, 4) is 0 Å². The number of nitrogens with one attached hydrogen (secondary N) is 1. The Morgan fingerprint density at radius 3 is 2.64 bits per heavy atom. The van der Waals surface area contributed by atoms with Crippen LogP contribution in [-0.2, 0) is 10.0 Å². The van der Waals surface area contributed by atoms with E-state index < -0.39 is 10.0 Å². The molecular formula is C7H9Br2NO2S2. The summed E-state index contributed by atoms with van der Waals surface area (Å²) in [5.41, 5.74) is 0. The summed E-state index contributed by atoms with van der Waals surface area (Å²) in [4.78, 5) is 1.15. The molecule has 3 nitrogen and oxygen atoms in total. The average Bonchev–Trinajstić information content (AvgIpc) is 2.42. The molecule has 0 fully saturated rings. The zero-order valence-electron chi connectivity index (χ0n) is 7.38. The highest BCUT2D eigenvalue weighted by molar-refractivity contribution is 9.11. The molecule has 0 atom stereocenters. The van der Waals surface area contributed by atoms with Gasteiger partial charge in [-0.1, -0.05) is 15.9 Å². The first-order valence-corrected chi connectivity index (χ1v) is 8.00. The lowest BCUT2D eigenvalue weighted by Gasteiger charge is -2.03. The Hall–Kier alpha value is 0.570. The van der Waals surface area contributed by atoms with E-state index in [0.717, 1.165) is 8.66 Å². The van der Waals surface area contributed by atoms with Crippen LogP contribution >= 0.6 is 43.2 Å². The average molecular weight is 363 g/mol. The van der Waals surface area contributed by atoms with Gasteiger partial charge in [-0.3, -0.25) is 0 Å². The molecular weight excluding hydrogens is 354 g/mol. The summed E-state index contributed by atoms with van der Waals surface area (Å²) in [5.74, 6) is 0. The Morgan fingerprint density at radius 1 is 1.57 bits per heavy atom. The van der Waals surface area contributed by atoms with Gasteiger partial charge in [0.05, 0.1) is 8.68 Å². The third-order valence-corrected chi connectivity index (χ3v) is 5.18. The predicted molar refractivity (Wildman–Crippen MR) is 65.7 cm³/mol. The van der Waals surface area contributed by atoms with Crippen LogP contribution < -0.4 is 4.72 Å². The third-order valence-electron chi connectivity index (χ3n) is 1.52. The number of hydrogen-bond acceptors (Lipinski definition) is 3. The van der Waals surface area contributed by atoms with Crippen molar-refractivity contribution in [3.63, 3.8) is 0 Å². The van der Waals surface area contributed by atoms with Crippen LogP contribution in [0.25, 0.3) is 0 Å². The van der Waals surface area contributed by atoms with Gasteiger partial charge in [-0.05, 0) is 28.9 Å². The lowest BCUT2D eigenvalue weighted by Crippen LogP contribution is -2.25. The van der Waals surface area contributed by atoms with Crippen molar-refractivity contribution in [1.82, 2.24) is 4.72 Å². The molecule has 0 aliphatic carbocycles. The largest absolute Gasteiger partial charge is 0.241 e. The maximum Gasteiger partial charge on any atom is 0.241 e. The summed E-state index contributed by atoms with van der Waals surface area (Å²) >= 11 is 7.84. The molecule has 0 saturated heterocycles. The van der Waals surface area contributed by atoms with Crippen molar-refractivity contribution in [2.24, 2.45) is 0 Å².